The first kappa shape index (κ1) is 17.7. The van der Waals surface area contributed by atoms with Crippen LogP contribution in [0.25, 0.3) is 0 Å². The first-order valence-corrected chi connectivity index (χ1v) is 9.52. The number of hydrogen-bond acceptors (Lipinski definition) is 3. The largest absolute Gasteiger partial charge is 0.353 e. The smallest absolute Gasteiger partial charge is 0.157 e. The Morgan fingerprint density at radius 1 is 1.08 bits per heavy atom. The van der Waals surface area contributed by atoms with Crippen LogP contribution in [-0.2, 0) is 12.8 Å². The minimum absolute atomic E-state index is 0.287. The SMILES string of the molecule is Fc1ccc(CC(F)N2CCC(N3CCc4ccc(Cl)nc43)CC2)cc1. The molecule has 0 aliphatic carbocycles. The molecule has 2 aliphatic heterocycles. The highest BCUT2D eigenvalue weighted by atomic mass is 35.5. The van der Waals surface area contributed by atoms with E-state index in [0.717, 1.165) is 50.3 Å². The molecule has 1 unspecified atom stereocenters. The first-order valence-electron chi connectivity index (χ1n) is 9.15. The number of hydrogen-bond donors (Lipinski definition) is 0. The molecule has 3 heterocycles. The van der Waals surface area contributed by atoms with Crippen LogP contribution < -0.4 is 4.90 Å². The van der Waals surface area contributed by atoms with Crippen molar-refractivity contribution in [2.75, 3.05) is 24.5 Å². The predicted molar refractivity (Wildman–Crippen MR) is 99.9 cm³/mol. The second kappa shape index (κ2) is 7.49. The van der Waals surface area contributed by atoms with E-state index in [2.05, 4.69) is 16.0 Å². The zero-order valence-corrected chi connectivity index (χ0v) is 15.3. The van der Waals surface area contributed by atoms with Gasteiger partial charge in [0.2, 0.25) is 0 Å². The van der Waals surface area contributed by atoms with Gasteiger partial charge in [0.05, 0.1) is 0 Å². The standard InChI is InChI=1S/C20H22ClF2N3/c21-18-6-3-15-7-12-26(20(15)24-18)17-8-10-25(11-9-17)19(23)13-14-1-4-16(22)5-2-14/h1-6,17,19H,7-13H2. The van der Waals surface area contributed by atoms with E-state index in [0.29, 0.717) is 17.6 Å². The molecule has 1 fully saturated rings. The van der Waals surface area contributed by atoms with Crippen LogP contribution >= 0.6 is 11.6 Å². The van der Waals surface area contributed by atoms with Gasteiger partial charge in [-0.2, -0.15) is 0 Å². The molecule has 0 amide bonds. The van der Waals surface area contributed by atoms with Gasteiger partial charge < -0.3 is 4.90 Å². The molecule has 0 N–H and O–H groups in total. The van der Waals surface area contributed by atoms with Crippen molar-refractivity contribution in [3.05, 3.63) is 58.5 Å². The Labute approximate surface area is 157 Å². The molecule has 0 radical (unpaired) electrons. The number of anilines is 1. The van der Waals surface area contributed by atoms with Gasteiger partial charge >= 0.3 is 0 Å². The number of fused-ring (bicyclic) bond motifs is 1. The third kappa shape index (κ3) is 3.69. The van der Waals surface area contributed by atoms with Crippen molar-refractivity contribution >= 4 is 17.4 Å². The van der Waals surface area contributed by atoms with Crippen LogP contribution in [0.2, 0.25) is 5.15 Å². The zero-order valence-electron chi connectivity index (χ0n) is 14.5. The van der Waals surface area contributed by atoms with E-state index < -0.39 is 6.30 Å². The molecule has 2 aliphatic rings. The van der Waals surface area contributed by atoms with Gasteiger partial charge in [-0.3, -0.25) is 4.90 Å². The Balaban J connectivity index is 1.34. The molecule has 2 aromatic rings. The maximum Gasteiger partial charge on any atom is 0.157 e. The Morgan fingerprint density at radius 3 is 2.54 bits per heavy atom. The molecule has 26 heavy (non-hydrogen) atoms. The number of likely N-dealkylation sites (tertiary alicyclic amines) is 1. The fraction of sp³-hybridized carbons (Fsp3) is 0.450. The van der Waals surface area contributed by atoms with Gasteiger partial charge in [-0.05, 0) is 48.6 Å². The number of aromatic nitrogens is 1. The Morgan fingerprint density at radius 2 is 1.81 bits per heavy atom. The van der Waals surface area contributed by atoms with Gasteiger partial charge in [0.25, 0.3) is 0 Å². The van der Waals surface area contributed by atoms with Crippen molar-refractivity contribution < 1.29 is 8.78 Å². The molecule has 3 nitrogen and oxygen atoms in total. The van der Waals surface area contributed by atoms with Crippen molar-refractivity contribution in [1.82, 2.24) is 9.88 Å². The third-order valence-electron chi connectivity index (χ3n) is 5.47. The van der Waals surface area contributed by atoms with Crippen molar-refractivity contribution in [2.24, 2.45) is 0 Å². The summed E-state index contributed by atoms with van der Waals surface area (Å²) in [5.41, 5.74) is 2.07. The summed E-state index contributed by atoms with van der Waals surface area (Å²) in [6, 6.07) is 10.4. The number of benzene rings is 1. The maximum absolute atomic E-state index is 14.7. The Kier molecular flexibility index (Phi) is 5.09. The number of rotatable bonds is 4. The van der Waals surface area contributed by atoms with E-state index in [1.165, 1.54) is 17.7 Å². The maximum atomic E-state index is 14.7. The Bertz CT molecular complexity index is 760. The predicted octanol–water partition coefficient (Wildman–Crippen LogP) is 4.24. The van der Waals surface area contributed by atoms with Gasteiger partial charge in [-0.15, -0.1) is 0 Å². The fourth-order valence-corrected chi connectivity index (χ4v) is 4.17. The highest BCUT2D eigenvalue weighted by Gasteiger charge is 2.32. The van der Waals surface area contributed by atoms with Crippen LogP contribution in [0.4, 0.5) is 14.6 Å². The minimum Gasteiger partial charge on any atom is -0.353 e. The summed E-state index contributed by atoms with van der Waals surface area (Å²) in [5, 5.41) is 0.524. The summed E-state index contributed by atoms with van der Waals surface area (Å²) >= 11 is 6.06. The normalized spacial score (nSPS) is 19.6. The van der Waals surface area contributed by atoms with E-state index in [-0.39, 0.29) is 5.82 Å². The fourth-order valence-electron chi connectivity index (χ4n) is 4.02. The van der Waals surface area contributed by atoms with Gasteiger partial charge in [0.1, 0.15) is 16.8 Å². The number of nitrogens with zero attached hydrogens (tertiary/aromatic N) is 3. The Hall–Kier alpha value is -1.72. The minimum atomic E-state index is -1.03. The lowest BCUT2D eigenvalue weighted by molar-refractivity contribution is 0.0584. The second-order valence-electron chi connectivity index (χ2n) is 7.09. The van der Waals surface area contributed by atoms with Crippen LogP contribution in [0.1, 0.15) is 24.0 Å². The van der Waals surface area contributed by atoms with Crippen LogP contribution in [0.3, 0.4) is 0 Å². The molecule has 6 heteroatoms. The number of pyridine rings is 1. The number of alkyl halides is 1. The molecule has 1 aromatic carbocycles. The monoisotopic (exact) mass is 377 g/mol. The van der Waals surface area contributed by atoms with E-state index >= 15 is 0 Å². The molecule has 1 saturated heterocycles. The molecule has 0 spiro atoms. The van der Waals surface area contributed by atoms with Crippen molar-refractivity contribution in [3.8, 4) is 0 Å². The highest BCUT2D eigenvalue weighted by Crippen LogP contribution is 2.32. The van der Waals surface area contributed by atoms with E-state index in [4.69, 9.17) is 11.6 Å². The second-order valence-corrected chi connectivity index (χ2v) is 7.48. The molecule has 0 saturated carbocycles. The summed E-state index contributed by atoms with van der Waals surface area (Å²) in [4.78, 5) is 8.73. The summed E-state index contributed by atoms with van der Waals surface area (Å²) < 4.78 is 27.6. The van der Waals surface area contributed by atoms with Crippen molar-refractivity contribution in [2.45, 2.75) is 38.0 Å². The summed E-state index contributed by atoms with van der Waals surface area (Å²) in [6.07, 6.45) is 2.10. The molecule has 1 atom stereocenters. The zero-order chi connectivity index (χ0) is 18.1. The molecular formula is C20H22ClF2N3. The highest BCUT2D eigenvalue weighted by molar-refractivity contribution is 6.29. The van der Waals surface area contributed by atoms with Gasteiger partial charge in [0.15, 0.2) is 6.30 Å². The topological polar surface area (TPSA) is 19.4 Å². The van der Waals surface area contributed by atoms with E-state index in [1.54, 1.807) is 12.1 Å². The summed E-state index contributed by atoms with van der Waals surface area (Å²) in [5.74, 6) is 0.712. The molecule has 0 bridgehead atoms. The van der Waals surface area contributed by atoms with Crippen LogP contribution in [0, 0.1) is 5.82 Å². The lowest BCUT2D eigenvalue weighted by Crippen LogP contribution is -2.47. The molecule has 138 valence electrons. The first-order chi connectivity index (χ1) is 12.6. The van der Waals surface area contributed by atoms with E-state index in [1.807, 2.05) is 11.0 Å². The quantitative estimate of drug-likeness (QED) is 0.587. The van der Waals surface area contributed by atoms with Crippen molar-refractivity contribution in [1.29, 1.82) is 0 Å². The lowest BCUT2D eigenvalue weighted by Gasteiger charge is -2.38. The molecule has 4 rings (SSSR count). The van der Waals surface area contributed by atoms with Gasteiger partial charge in [-0.1, -0.05) is 29.8 Å². The van der Waals surface area contributed by atoms with Crippen LogP contribution in [-0.4, -0.2) is 41.9 Å². The third-order valence-corrected chi connectivity index (χ3v) is 5.68. The average molecular weight is 378 g/mol. The number of halogens is 3. The van der Waals surface area contributed by atoms with Crippen LogP contribution in [0.15, 0.2) is 36.4 Å². The van der Waals surface area contributed by atoms with Gasteiger partial charge in [-0.25, -0.2) is 13.8 Å². The molecule has 1 aromatic heterocycles. The van der Waals surface area contributed by atoms with Crippen LogP contribution in [0.5, 0.6) is 0 Å². The lowest BCUT2D eigenvalue weighted by atomic mass is 10.0. The van der Waals surface area contributed by atoms with Gasteiger partial charge in [0, 0.05) is 32.1 Å². The average Bonchev–Trinajstić information content (AvgIpc) is 3.06. The van der Waals surface area contributed by atoms with Crippen molar-refractivity contribution in [3.63, 3.8) is 0 Å². The summed E-state index contributed by atoms with van der Waals surface area (Å²) in [7, 11) is 0. The van der Waals surface area contributed by atoms with E-state index in [9.17, 15) is 8.78 Å². The summed E-state index contributed by atoms with van der Waals surface area (Å²) in [6.45, 7) is 2.40. The number of piperidine rings is 1. The molecular weight excluding hydrogens is 356 g/mol.